The largest absolute Gasteiger partial charge is 0.471 e. The van der Waals surface area contributed by atoms with E-state index in [1.165, 1.54) is 0 Å². The second-order valence-corrected chi connectivity index (χ2v) is 4.17. The molecule has 0 saturated heterocycles. The highest BCUT2D eigenvalue weighted by Crippen LogP contribution is 2.23. The molecule has 0 fully saturated rings. The van der Waals surface area contributed by atoms with Crippen molar-refractivity contribution in [3.8, 4) is 5.75 Å². The van der Waals surface area contributed by atoms with E-state index in [1.807, 2.05) is 25.1 Å². The van der Waals surface area contributed by atoms with Crippen molar-refractivity contribution in [2.45, 2.75) is 31.8 Å². The van der Waals surface area contributed by atoms with Gasteiger partial charge in [0, 0.05) is 6.42 Å². The Morgan fingerprint density at radius 3 is 2.17 bits per heavy atom. The van der Waals surface area contributed by atoms with Crippen LogP contribution in [0, 0.1) is 10.8 Å². The molecule has 0 atom stereocenters. The van der Waals surface area contributed by atoms with Gasteiger partial charge in [-0.15, -0.1) is 0 Å². The third-order valence-corrected chi connectivity index (χ3v) is 2.79. The fraction of sp³-hybridized carbons (Fsp3) is 0.385. The number of unbranched alkanes of at least 4 members (excludes halogenated alkanes) is 1. The number of rotatable bonds is 7. The summed E-state index contributed by atoms with van der Waals surface area (Å²) < 4.78 is 5.73. The summed E-state index contributed by atoms with van der Waals surface area (Å²) in [6.07, 6.45) is 2.13. The first-order valence-corrected chi connectivity index (χ1v) is 5.96. The van der Waals surface area contributed by atoms with E-state index in [2.05, 4.69) is 0 Å². The van der Waals surface area contributed by atoms with Crippen molar-refractivity contribution < 1.29 is 4.74 Å². The molecule has 0 radical (unpaired) electrons. The normalized spacial score (nSPS) is 13.6. The maximum absolute atomic E-state index is 7.69. The first-order chi connectivity index (χ1) is 8.53. The summed E-state index contributed by atoms with van der Waals surface area (Å²) >= 11 is 0. The number of ether oxygens (including phenoxy) is 1. The Kier molecular flexibility index (Phi) is 4.71. The Bertz CT molecular complexity index is 402. The minimum absolute atomic E-state index is 0.229. The summed E-state index contributed by atoms with van der Waals surface area (Å²) in [6.45, 7) is 2.02. The lowest BCUT2D eigenvalue weighted by molar-refractivity contribution is 0.191. The lowest BCUT2D eigenvalue weighted by Crippen LogP contribution is -2.57. The number of amidine groups is 2. The molecule has 6 N–H and O–H groups in total. The lowest BCUT2D eigenvalue weighted by atomic mass is 9.93. The lowest BCUT2D eigenvalue weighted by Gasteiger charge is -2.32. The summed E-state index contributed by atoms with van der Waals surface area (Å²) in [4.78, 5) is 0. The van der Waals surface area contributed by atoms with Gasteiger partial charge in [0.1, 0.15) is 17.4 Å². The van der Waals surface area contributed by atoms with Gasteiger partial charge in [-0.3, -0.25) is 10.8 Å². The van der Waals surface area contributed by atoms with Crippen LogP contribution in [0.1, 0.15) is 26.2 Å². The molecule has 5 heteroatoms. The van der Waals surface area contributed by atoms with Crippen LogP contribution in [0.5, 0.6) is 5.75 Å². The molecule has 0 bridgehead atoms. The average molecular weight is 248 g/mol. The number of nitrogens with two attached hydrogens (primary N) is 2. The molecule has 0 aliphatic heterocycles. The standard InChI is InChI=1S/C13H20N4O/c1-2-3-9-13(11(14)15,12(16)17)18-10-7-5-4-6-8-10/h4-8H,2-3,9H2,1H3,(H3,14,15)(H3,16,17). The summed E-state index contributed by atoms with van der Waals surface area (Å²) in [6, 6.07) is 9.02. The van der Waals surface area contributed by atoms with Gasteiger partial charge in [0.25, 0.3) is 0 Å². The van der Waals surface area contributed by atoms with Crippen LogP contribution in [0.2, 0.25) is 0 Å². The fourth-order valence-electron chi connectivity index (χ4n) is 1.69. The van der Waals surface area contributed by atoms with Crippen molar-refractivity contribution in [2.24, 2.45) is 11.5 Å². The average Bonchev–Trinajstić information content (AvgIpc) is 2.35. The van der Waals surface area contributed by atoms with Gasteiger partial charge in [0.15, 0.2) is 0 Å². The van der Waals surface area contributed by atoms with E-state index in [1.54, 1.807) is 12.1 Å². The molecule has 0 unspecified atom stereocenters. The molecule has 1 rings (SSSR count). The summed E-state index contributed by atoms with van der Waals surface area (Å²) in [5, 5.41) is 15.4. The van der Waals surface area contributed by atoms with Gasteiger partial charge in [-0.1, -0.05) is 31.5 Å². The molecular formula is C13H20N4O. The predicted molar refractivity (Wildman–Crippen MR) is 73.2 cm³/mol. The molecule has 0 aromatic heterocycles. The third-order valence-electron chi connectivity index (χ3n) is 2.79. The van der Waals surface area contributed by atoms with Gasteiger partial charge in [0.2, 0.25) is 5.60 Å². The summed E-state index contributed by atoms with van der Waals surface area (Å²) in [7, 11) is 0. The Labute approximate surface area is 107 Å². The van der Waals surface area contributed by atoms with Gasteiger partial charge in [-0.25, -0.2) is 0 Å². The zero-order valence-electron chi connectivity index (χ0n) is 10.6. The van der Waals surface area contributed by atoms with Crippen LogP contribution in [-0.4, -0.2) is 17.3 Å². The van der Waals surface area contributed by atoms with Gasteiger partial charge in [-0.2, -0.15) is 0 Å². The number of benzene rings is 1. The van der Waals surface area contributed by atoms with Gasteiger partial charge >= 0.3 is 0 Å². The van der Waals surface area contributed by atoms with Crippen LogP contribution < -0.4 is 16.2 Å². The van der Waals surface area contributed by atoms with Crippen LogP contribution in [0.4, 0.5) is 0 Å². The molecular weight excluding hydrogens is 228 g/mol. The van der Waals surface area contributed by atoms with Gasteiger partial charge < -0.3 is 16.2 Å². The third kappa shape index (κ3) is 3.00. The molecule has 0 amide bonds. The van der Waals surface area contributed by atoms with Crippen molar-refractivity contribution in [3.63, 3.8) is 0 Å². The van der Waals surface area contributed by atoms with E-state index in [-0.39, 0.29) is 11.7 Å². The van der Waals surface area contributed by atoms with E-state index < -0.39 is 5.60 Å². The molecule has 0 heterocycles. The van der Waals surface area contributed by atoms with E-state index in [9.17, 15) is 0 Å². The predicted octanol–water partition coefficient (Wildman–Crippen LogP) is 1.87. The number of para-hydroxylation sites is 1. The van der Waals surface area contributed by atoms with E-state index in [0.29, 0.717) is 12.2 Å². The number of nitrogens with one attached hydrogen (secondary N) is 2. The second kappa shape index (κ2) is 6.05. The quantitative estimate of drug-likeness (QED) is 0.436. The van der Waals surface area contributed by atoms with Gasteiger partial charge in [-0.05, 0) is 18.6 Å². The summed E-state index contributed by atoms with van der Waals surface area (Å²) in [5.41, 5.74) is 9.88. The molecule has 1 aromatic rings. The number of hydrogen-bond donors (Lipinski definition) is 4. The first kappa shape index (κ1) is 14.0. The van der Waals surface area contributed by atoms with E-state index in [0.717, 1.165) is 12.8 Å². The molecule has 0 saturated carbocycles. The van der Waals surface area contributed by atoms with E-state index in [4.69, 9.17) is 27.0 Å². The van der Waals surface area contributed by atoms with Crippen LogP contribution >= 0.6 is 0 Å². The van der Waals surface area contributed by atoms with Crippen molar-refractivity contribution in [1.82, 2.24) is 0 Å². The Morgan fingerprint density at radius 2 is 1.72 bits per heavy atom. The van der Waals surface area contributed by atoms with Crippen LogP contribution in [0.25, 0.3) is 0 Å². The molecule has 0 aliphatic rings. The Balaban J connectivity index is 3.02. The van der Waals surface area contributed by atoms with Crippen molar-refractivity contribution in [2.75, 3.05) is 0 Å². The van der Waals surface area contributed by atoms with Crippen LogP contribution in [0.3, 0.4) is 0 Å². The topological polar surface area (TPSA) is 109 Å². The molecule has 0 spiro atoms. The monoisotopic (exact) mass is 248 g/mol. The van der Waals surface area contributed by atoms with Crippen molar-refractivity contribution >= 4 is 11.7 Å². The van der Waals surface area contributed by atoms with E-state index >= 15 is 0 Å². The smallest absolute Gasteiger partial charge is 0.220 e. The minimum atomic E-state index is -1.32. The van der Waals surface area contributed by atoms with Gasteiger partial charge in [0.05, 0.1) is 0 Å². The molecule has 0 aliphatic carbocycles. The molecule has 1 aromatic carbocycles. The highest BCUT2D eigenvalue weighted by Gasteiger charge is 2.39. The first-order valence-electron chi connectivity index (χ1n) is 5.96. The van der Waals surface area contributed by atoms with Crippen molar-refractivity contribution in [3.05, 3.63) is 30.3 Å². The minimum Gasteiger partial charge on any atom is -0.471 e. The summed E-state index contributed by atoms with van der Waals surface area (Å²) in [5.74, 6) is 0.0959. The molecule has 18 heavy (non-hydrogen) atoms. The Morgan fingerprint density at radius 1 is 1.17 bits per heavy atom. The van der Waals surface area contributed by atoms with Crippen LogP contribution in [0.15, 0.2) is 30.3 Å². The number of hydrogen-bond acceptors (Lipinski definition) is 3. The SMILES string of the molecule is CCCCC(Oc1ccccc1)(C(=N)N)C(=N)N. The highest BCUT2D eigenvalue weighted by molar-refractivity contribution is 6.10. The fourth-order valence-corrected chi connectivity index (χ4v) is 1.69. The van der Waals surface area contributed by atoms with Crippen molar-refractivity contribution in [1.29, 1.82) is 10.8 Å². The zero-order valence-corrected chi connectivity index (χ0v) is 10.6. The molecule has 5 nitrogen and oxygen atoms in total. The highest BCUT2D eigenvalue weighted by atomic mass is 16.5. The maximum atomic E-state index is 7.69. The van der Waals surface area contributed by atoms with Crippen LogP contribution in [-0.2, 0) is 0 Å². The maximum Gasteiger partial charge on any atom is 0.220 e. The second-order valence-electron chi connectivity index (χ2n) is 4.17. The Hall–Kier alpha value is -2.04. The molecule has 98 valence electrons. The zero-order chi connectivity index (χ0) is 13.6.